The minimum absolute atomic E-state index is 0.143. The molecule has 8 aliphatic carbocycles. The summed E-state index contributed by atoms with van der Waals surface area (Å²) in [4.78, 5) is 19.0. The highest BCUT2D eigenvalue weighted by molar-refractivity contribution is 7.71. The molecule has 0 aliphatic heterocycles. The van der Waals surface area contributed by atoms with Gasteiger partial charge in [-0.2, -0.15) is 0 Å². The van der Waals surface area contributed by atoms with Crippen molar-refractivity contribution < 1.29 is 0 Å². The van der Waals surface area contributed by atoms with Gasteiger partial charge in [0.1, 0.15) is 0 Å². The van der Waals surface area contributed by atoms with Gasteiger partial charge in [-0.05, 0) is 140 Å². The van der Waals surface area contributed by atoms with E-state index in [9.17, 15) is 0 Å². The van der Waals surface area contributed by atoms with E-state index in [1.165, 1.54) is 6.16 Å². The summed E-state index contributed by atoms with van der Waals surface area (Å²) in [5.74, 6) is 6.13. The van der Waals surface area contributed by atoms with Crippen LogP contribution in [-0.2, 0) is 12.3 Å². The topological polar surface area (TPSA) is 51.6 Å². The fourth-order valence-electron chi connectivity index (χ4n) is 13.3. The van der Waals surface area contributed by atoms with Crippen molar-refractivity contribution in [2.24, 2.45) is 35.5 Å². The number of hydrogen-bond donors (Lipinski definition) is 0. The van der Waals surface area contributed by atoms with Crippen LogP contribution in [0.4, 0.5) is 0 Å². The van der Waals surface area contributed by atoms with Crippen LogP contribution >= 0.6 is 15.8 Å². The number of aromatic nitrogens is 4. The average Bonchev–Trinajstić information content (AvgIpc) is 3.04. The molecule has 0 radical (unpaired) electrons. The van der Waals surface area contributed by atoms with Crippen LogP contribution in [0.3, 0.4) is 0 Å². The highest BCUT2D eigenvalue weighted by atomic mass is 31.1. The van der Waals surface area contributed by atoms with Gasteiger partial charge in [0.25, 0.3) is 0 Å². The Morgan fingerprint density at radius 1 is 0.540 bits per heavy atom. The predicted octanol–water partition coefficient (Wildman–Crippen LogP) is 8.91. The molecule has 50 heavy (non-hydrogen) atoms. The largest absolute Gasteiger partial charge is 0.261 e. The van der Waals surface area contributed by atoms with Crippen molar-refractivity contribution in [3.63, 3.8) is 0 Å². The maximum atomic E-state index is 4.94. The number of hydrogen-bond acceptors (Lipinski definition) is 4. The van der Waals surface area contributed by atoms with Crippen LogP contribution in [0.5, 0.6) is 0 Å². The van der Waals surface area contributed by atoms with Gasteiger partial charge in [0, 0.05) is 38.9 Å². The molecular weight excluding hydrogens is 679 g/mol. The molecule has 8 saturated carbocycles. The Morgan fingerprint density at radius 2 is 0.900 bits per heavy atom. The van der Waals surface area contributed by atoms with Gasteiger partial charge in [-0.3, -0.25) is 19.9 Å². The van der Waals surface area contributed by atoms with Crippen molar-refractivity contribution in [3.05, 3.63) is 60.4 Å². The summed E-state index contributed by atoms with van der Waals surface area (Å²) in [6.07, 6.45) is 32.5. The smallest absolute Gasteiger partial charge is 0.0877 e. The molecule has 0 unspecified atom stereocenters. The van der Waals surface area contributed by atoms with Gasteiger partial charge in [0.2, 0.25) is 0 Å². The second-order valence-corrected chi connectivity index (χ2v) is 35.5. The van der Waals surface area contributed by atoms with Gasteiger partial charge < -0.3 is 0 Å². The molecule has 2 heterocycles. The predicted molar refractivity (Wildman–Crippen MR) is 219 cm³/mol. The fraction of sp³-hybridized carbons (Fsp3) is 0.667. The summed E-state index contributed by atoms with van der Waals surface area (Å²) >= 11 is 0. The van der Waals surface area contributed by atoms with Crippen molar-refractivity contribution in [3.8, 4) is 0 Å². The Morgan fingerprint density at radius 3 is 1.22 bits per heavy atom. The number of nitrogens with zero attached hydrogens (tertiary/aromatic N) is 4. The zero-order valence-corrected chi connectivity index (χ0v) is 35.5. The first kappa shape index (κ1) is 34.4. The van der Waals surface area contributed by atoms with Crippen molar-refractivity contribution in [1.82, 2.24) is 19.9 Å². The van der Waals surface area contributed by atoms with Crippen LogP contribution < -0.4 is 21.2 Å². The van der Waals surface area contributed by atoms with Crippen molar-refractivity contribution in [1.29, 1.82) is 0 Å². The van der Waals surface area contributed by atoms with Gasteiger partial charge in [0.15, 0.2) is 0 Å². The maximum Gasteiger partial charge on any atom is 0.0877 e. The van der Waals surface area contributed by atoms with Crippen LogP contribution in [0.15, 0.2) is 49.3 Å². The third kappa shape index (κ3) is 6.26. The highest BCUT2D eigenvalue weighted by Gasteiger charge is 2.62. The molecule has 8 fully saturated rings. The monoisotopic (exact) mass is 738 g/mol. The second-order valence-electron chi connectivity index (χ2n) is 20.2. The summed E-state index contributed by atoms with van der Waals surface area (Å²) in [5, 5.41) is 4.75. The van der Waals surface area contributed by atoms with Crippen LogP contribution in [0.2, 0.25) is 39.3 Å². The third-order valence-electron chi connectivity index (χ3n) is 14.4. The lowest BCUT2D eigenvalue weighted by atomic mass is 9.55. The van der Waals surface area contributed by atoms with Crippen LogP contribution in [0.1, 0.15) is 88.2 Å². The quantitative estimate of drug-likeness (QED) is 0.154. The summed E-state index contributed by atoms with van der Waals surface area (Å²) in [5.41, 5.74) is 5.53. The van der Waals surface area contributed by atoms with Crippen molar-refractivity contribution >= 4 is 53.2 Å². The van der Waals surface area contributed by atoms with Crippen LogP contribution in [-0.4, -0.2) is 46.4 Å². The molecule has 8 aliphatic rings. The Kier molecular flexibility index (Phi) is 8.70. The highest BCUT2D eigenvalue weighted by Crippen LogP contribution is 2.79. The molecule has 11 rings (SSSR count). The van der Waals surface area contributed by atoms with E-state index in [4.69, 9.17) is 9.97 Å². The molecule has 1 aromatic carbocycles. The van der Waals surface area contributed by atoms with E-state index < -0.39 is 24.1 Å². The normalized spacial score (nSPS) is 34.9. The van der Waals surface area contributed by atoms with Crippen molar-refractivity contribution in [2.45, 2.75) is 139 Å². The Labute approximate surface area is 306 Å². The van der Waals surface area contributed by atoms with Crippen LogP contribution in [0, 0.1) is 35.5 Å². The molecule has 266 valence electrons. The lowest BCUT2D eigenvalue weighted by molar-refractivity contribution is 0.0184. The maximum absolute atomic E-state index is 4.94. The van der Waals surface area contributed by atoms with Crippen molar-refractivity contribution in [2.75, 3.05) is 0 Å². The van der Waals surface area contributed by atoms with Gasteiger partial charge in [-0.25, -0.2) is 0 Å². The first-order valence-electron chi connectivity index (χ1n) is 20.1. The zero-order valence-electron chi connectivity index (χ0n) is 31.7. The molecule has 0 N–H and O–H groups in total. The lowest BCUT2D eigenvalue weighted by Gasteiger charge is -2.67. The average molecular weight is 739 g/mol. The van der Waals surface area contributed by atoms with Crippen LogP contribution in [0.25, 0.3) is 0 Å². The lowest BCUT2D eigenvalue weighted by Crippen LogP contribution is -2.57. The molecule has 0 amide bonds. The van der Waals surface area contributed by atoms with Gasteiger partial charge in [-0.1, -0.05) is 69.7 Å². The number of benzene rings is 1. The molecule has 2 aromatic heterocycles. The minimum Gasteiger partial charge on any atom is -0.261 e. The summed E-state index contributed by atoms with van der Waals surface area (Å²) < 4.78 is 0. The summed E-state index contributed by atoms with van der Waals surface area (Å²) in [6.45, 7) is 15.6. The zero-order chi connectivity index (χ0) is 34.5. The van der Waals surface area contributed by atoms with Gasteiger partial charge in [0.05, 0.1) is 39.4 Å². The minimum atomic E-state index is -1.61. The van der Waals surface area contributed by atoms with E-state index in [0.29, 0.717) is 10.3 Å². The molecule has 4 nitrogen and oxygen atoms in total. The first-order valence-corrected chi connectivity index (χ1v) is 30.2. The van der Waals surface area contributed by atoms with E-state index in [0.717, 1.165) is 52.5 Å². The van der Waals surface area contributed by atoms with Gasteiger partial charge >= 0.3 is 0 Å². The summed E-state index contributed by atoms with van der Waals surface area (Å²) in [6, 6.07) is 5.65. The molecule has 3 aromatic rings. The van der Waals surface area contributed by atoms with E-state index in [-0.39, 0.29) is 7.92 Å². The molecule has 0 saturated heterocycles. The number of rotatable bonds is 10. The van der Waals surface area contributed by atoms with E-state index in [2.05, 4.69) is 61.4 Å². The second kappa shape index (κ2) is 12.6. The van der Waals surface area contributed by atoms with Gasteiger partial charge in [-0.15, -0.1) is 0 Å². The SMILES string of the molecule is C[Si](C)(C)c1cc(CP(c2cnccn2)c2cnccn2)c(CP(C23CC4CC(CC(C4)C2)C3)C23CC4CC(CC(C4)C2)C3)cc1[Si](C)(C)C. The molecule has 8 heteroatoms. The first-order chi connectivity index (χ1) is 23.9. The summed E-state index contributed by atoms with van der Waals surface area (Å²) in [7, 11) is -4.18. The Hall–Kier alpha value is -1.33. The third-order valence-corrected chi connectivity index (χ3v) is 25.0. The van der Waals surface area contributed by atoms with E-state index in [1.807, 2.05) is 37.2 Å². The molecule has 8 bridgehead atoms. The molecular formula is C42H60N4P2Si2. The fourth-order valence-corrected chi connectivity index (χ4v) is 25.8. The molecule has 0 atom stereocenters. The Balaban J connectivity index is 1.21. The molecule has 0 spiro atoms. The van der Waals surface area contributed by atoms with E-state index in [1.54, 1.807) is 98.6 Å². The standard InChI is InChI=1S/C42H60N4P2Si2/c1-49(2,3)37-17-35(27-47(39-25-43-7-9-45-39)40-26-44-8-10-46-40)36(18-38(37)50(4,5)6)28-48(41-19-29-11-30(20-41)13-31(12-29)21-41)42-22-32-14-33(23-42)16-34(15-32)24-42/h7-10,17-18,25-26,29-34H,11-16,19-24,27-28H2,1-6H3. The Bertz CT molecular complexity index is 1570. The van der Waals surface area contributed by atoms with E-state index >= 15 is 0 Å².